The Bertz CT molecular complexity index is 627. The fourth-order valence-electron chi connectivity index (χ4n) is 3.79. The number of likely N-dealkylation sites (tertiary alicyclic amines) is 2. The lowest BCUT2D eigenvalue weighted by molar-refractivity contribution is -0.138. The number of alkyl halides is 3. The highest BCUT2D eigenvalue weighted by atomic mass is 19.4. The van der Waals surface area contributed by atoms with Gasteiger partial charge in [-0.25, -0.2) is 0 Å². The Morgan fingerprint density at radius 1 is 1.24 bits per heavy atom. The predicted molar refractivity (Wildman–Crippen MR) is 86.7 cm³/mol. The maximum atomic E-state index is 13.0. The van der Waals surface area contributed by atoms with Gasteiger partial charge in [-0.15, -0.1) is 0 Å². The molecule has 0 saturated carbocycles. The van der Waals surface area contributed by atoms with Crippen LogP contribution in [-0.4, -0.2) is 53.6 Å². The number of hydrogen-bond donors (Lipinski definition) is 1. The van der Waals surface area contributed by atoms with E-state index < -0.39 is 23.9 Å². The highest BCUT2D eigenvalue weighted by molar-refractivity contribution is 5.80. The van der Waals surface area contributed by atoms with Crippen molar-refractivity contribution in [2.75, 3.05) is 26.7 Å². The Labute approximate surface area is 145 Å². The molecule has 3 rings (SSSR count). The van der Waals surface area contributed by atoms with Crippen molar-refractivity contribution < 1.29 is 23.1 Å². The van der Waals surface area contributed by atoms with Crippen molar-refractivity contribution >= 4 is 5.91 Å². The van der Waals surface area contributed by atoms with Gasteiger partial charge in [-0.05, 0) is 57.1 Å². The van der Waals surface area contributed by atoms with Crippen LogP contribution < -0.4 is 0 Å². The molecular weight excluding hydrogens is 333 g/mol. The van der Waals surface area contributed by atoms with Crippen LogP contribution in [0.25, 0.3) is 0 Å². The SMILES string of the molecule is CN1CCC(C(=O)N2C[C@@H](O)C[C@@H]2c2cccc(C(F)(F)F)c2)CC1. The Hall–Kier alpha value is -1.60. The van der Waals surface area contributed by atoms with Gasteiger partial charge in [0, 0.05) is 12.5 Å². The van der Waals surface area contributed by atoms with Crippen LogP contribution in [0.1, 0.15) is 36.4 Å². The van der Waals surface area contributed by atoms with Crippen LogP contribution >= 0.6 is 0 Å². The fraction of sp³-hybridized carbons (Fsp3) is 0.611. The van der Waals surface area contributed by atoms with Gasteiger partial charge in [-0.3, -0.25) is 4.79 Å². The van der Waals surface area contributed by atoms with Crippen LogP contribution in [-0.2, 0) is 11.0 Å². The number of benzene rings is 1. The normalized spacial score (nSPS) is 26.2. The molecule has 138 valence electrons. The zero-order valence-corrected chi connectivity index (χ0v) is 14.2. The van der Waals surface area contributed by atoms with E-state index in [0.29, 0.717) is 5.56 Å². The second-order valence-electron chi connectivity index (χ2n) is 7.10. The molecule has 7 heteroatoms. The number of rotatable bonds is 2. The summed E-state index contributed by atoms with van der Waals surface area (Å²) in [5.74, 6) is -0.165. The van der Waals surface area contributed by atoms with Crippen LogP contribution in [0, 0.1) is 5.92 Å². The summed E-state index contributed by atoms with van der Waals surface area (Å²) in [6.45, 7) is 1.86. The Morgan fingerprint density at radius 3 is 2.56 bits per heavy atom. The fourth-order valence-corrected chi connectivity index (χ4v) is 3.79. The molecule has 25 heavy (non-hydrogen) atoms. The highest BCUT2D eigenvalue weighted by Gasteiger charge is 2.39. The van der Waals surface area contributed by atoms with Gasteiger partial charge < -0.3 is 14.9 Å². The number of piperidine rings is 1. The standard InChI is InChI=1S/C18H23F3N2O2/c1-22-7-5-12(6-8-22)17(25)23-11-15(24)10-16(23)13-3-2-4-14(9-13)18(19,20)21/h2-4,9,12,15-16,24H,5-8,10-11H2,1H3/t15-,16+/m0/s1. The van der Waals surface area contributed by atoms with E-state index in [-0.39, 0.29) is 24.8 Å². The molecule has 1 aromatic carbocycles. The van der Waals surface area contributed by atoms with Crippen molar-refractivity contribution in [3.8, 4) is 0 Å². The molecule has 2 fully saturated rings. The lowest BCUT2D eigenvalue weighted by atomic mass is 9.94. The zero-order valence-electron chi connectivity index (χ0n) is 14.2. The molecule has 4 nitrogen and oxygen atoms in total. The second kappa shape index (κ2) is 6.96. The molecule has 2 heterocycles. The number of carbonyl (C=O) groups excluding carboxylic acids is 1. The number of carbonyl (C=O) groups is 1. The average Bonchev–Trinajstić information content (AvgIpc) is 2.96. The number of aliphatic hydroxyl groups is 1. The Balaban J connectivity index is 1.81. The molecule has 2 aliphatic rings. The van der Waals surface area contributed by atoms with Gasteiger partial charge in [0.15, 0.2) is 0 Å². The number of β-amino-alcohol motifs (C(OH)–C–C–N with tert-alkyl or cyclic N) is 1. The monoisotopic (exact) mass is 356 g/mol. The van der Waals surface area contributed by atoms with Crippen LogP contribution in [0.3, 0.4) is 0 Å². The van der Waals surface area contributed by atoms with Crippen molar-refractivity contribution in [2.45, 2.75) is 37.6 Å². The van der Waals surface area contributed by atoms with Crippen LogP contribution in [0.4, 0.5) is 13.2 Å². The maximum absolute atomic E-state index is 13.0. The number of hydrogen-bond acceptors (Lipinski definition) is 3. The molecule has 2 atom stereocenters. The second-order valence-corrected chi connectivity index (χ2v) is 7.10. The van der Waals surface area contributed by atoms with Crippen molar-refractivity contribution in [1.82, 2.24) is 9.80 Å². The third-order valence-electron chi connectivity index (χ3n) is 5.23. The van der Waals surface area contributed by atoms with E-state index in [0.717, 1.165) is 38.1 Å². The molecule has 0 aliphatic carbocycles. The van der Waals surface area contributed by atoms with Gasteiger partial charge in [-0.1, -0.05) is 12.1 Å². The predicted octanol–water partition coefficient (Wildman–Crippen LogP) is 2.68. The Kier molecular flexibility index (Phi) is 5.06. The zero-order chi connectivity index (χ0) is 18.2. The lowest BCUT2D eigenvalue weighted by Crippen LogP contribution is -2.41. The summed E-state index contributed by atoms with van der Waals surface area (Å²) in [6.07, 6.45) is -3.35. The van der Waals surface area contributed by atoms with E-state index in [4.69, 9.17) is 0 Å². The molecule has 0 spiro atoms. The minimum atomic E-state index is -4.42. The first-order chi connectivity index (χ1) is 11.8. The van der Waals surface area contributed by atoms with Gasteiger partial charge in [0.2, 0.25) is 5.91 Å². The maximum Gasteiger partial charge on any atom is 0.416 e. The first-order valence-corrected chi connectivity index (χ1v) is 8.60. The summed E-state index contributed by atoms with van der Waals surface area (Å²) in [5.41, 5.74) is -0.286. The van der Waals surface area contributed by atoms with Crippen molar-refractivity contribution in [3.05, 3.63) is 35.4 Å². The van der Waals surface area contributed by atoms with Gasteiger partial charge in [0.1, 0.15) is 0 Å². The molecule has 1 aromatic rings. The molecule has 1 N–H and O–H groups in total. The summed E-state index contributed by atoms with van der Waals surface area (Å²) in [5, 5.41) is 10.0. The molecule has 0 radical (unpaired) electrons. The van der Waals surface area contributed by atoms with E-state index in [2.05, 4.69) is 4.90 Å². The molecule has 1 amide bonds. The van der Waals surface area contributed by atoms with E-state index in [1.165, 1.54) is 6.07 Å². The first-order valence-electron chi connectivity index (χ1n) is 8.60. The third kappa shape index (κ3) is 3.98. The molecule has 2 aliphatic heterocycles. The topological polar surface area (TPSA) is 43.8 Å². The van der Waals surface area contributed by atoms with Gasteiger partial charge in [0.05, 0.1) is 17.7 Å². The number of aliphatic hydroxyl groups excluding tert-OH is 1. The van der Waals surface area contributed by atoms with Crippen molar-refractivity contribution in [2.24, 2.45) is 5.92 Å². The lowest BCUT2D eigenvalue weighted by Gasteiger charge is -2.33. The van der Waals surface area contributed by atoms with Crippen LogP contribution in [0.15, 0.2) is 24.3 Å². The molecule has 0 unspecified atom stereocenters. The summed E-state index contributed by atoms with van der Waals surface area (Å²) in [4.78, 5) is 16.6. The van der Waals surface area contributed by atoms with Gasteiger partial charge in [-0.2, -0.15) is 13.2 Å². The molecule has 0 aromatic heterocycles. The highest BCUT2D eigenvalue weighted by Crippen LogP contribution is 2.37. The van der Waals surface area contributed by atoms with Gasteiger partial charge >= 0.3 is 6.18 Å². The van der Waals surface area contributed by atoms with Crippen molar-refractivity contribution in [1.29, 1.82) is 0 Å². The molecule has 2 saturated heterocycles. The first kappa shape index (κ1) is 18.2. The number of nitrogens with zero attached hydrogens (tertiary/aromatic N) is 2. The van der Waals surface area contributed by atoms with Gasteiger partial charge in [0.25, 0.3) is 0 Å². The molecule has 0 bridgehead atoms. The van der Waals surface area contributed by atoms with Crippen LogP contribution in [0.5, 0.6) is 0 Å². The summed E-state index contributed by atoms with van der Waals surface area (Å²) < 4.78 is 38.9. The van der Waals surface area contributed by atoms with E-state index in [9.17, 15) is 23.1 Å². The summed E-state index contributed by atoms with van der Waals surface area (Å²) in [6, 6.07) is 4.59. The minimum Gasteiger partial charge on any atom is -0.391 e. The third-order valence-corrected chi connectivity index (χ3v) is 5.23. The van der Waals surface area contributed by atoms with E-state index >= 15 is 0 Å². The largest absolute Gasteiger partial charge is 0.416 e. The average molecular weight is 356 g/mol. The van der Waals surface area contributed by atoms with Crippen LogP contribution in [0.2, 0.25) is 0 Å². The number of halogens is 3. The summed E-state index contributed by atoms with van der Waals surface area (Å²) >= 11 is 0. The quantitative estimate of drug-likeness (QED) is 0.886. The summed E-state index contributed by atoms with van der Waals surface area (Å²) in [7, 11) is 2.01. The smallest absolute Gasteiger partial charge is 0.391 e. The molecular formula is C18H23F3N2O2. The Morgan fingerprint density at radius 2 is 1.92 bits per heavy atom. The van der Waals surface area contributed by atoms with E-state index in [1.807, 2.05) is 7.05 Å². The number of amides is 1. The minimum absolute atomic E-state index is 0.0490. The van der Waals surface area contributed by atoms with E-state index in [1.54, 1.807) is 11.0 Å². The van der Waals surface area contributed by atoms with Crippen molar-refractivity contribution in [3.63, 3.8) is 0 Å².